The summed E-state index contributed by atoms with van der Waals surface area (Å²) in [5, 5.41) is 1.69. The number of rotatable bonds is 3. The fourth-order valence-corrected chi connectivity index (χ4v) is 5.85. The summed E-state index contributed by atoms with van der Waals surface area (Å²) in [5.74, 6) is -0.181. The van der Waals surface area contributed by atoms with Gasteiger partial charge in [-0.1, -0.05) is 0 Å². The molecule has 1 amide bonds. The van der Waals surface area contributed by atoms with Gasteiger partial charge in [0.25, 0.3) is 5.91 Å². The lowest BCUT2D eigenvalue weighted by Crippen LogP contribution is -2.43. The number of amides is 1. The smallest absolute Gasteiger partial charge is 0.265 e. The number of hydrogen-bond donors (Lipinski definition) is 1. The van der Waals surface area contributed by atoms with Crippen LogP contribution in [0.15, 0.2) is 16.3 Å². The van der Waals surface area contributed by atoms with Gasteiger partial charge in [-0.15, -0.1) is 23.7 Å². The molecule has 1 aromatic heterocycles. The highest BCUT2D eigenvalue weighted by Gasteiger charge is 2.33. The van der Waals surface area contributed by atoms with Gasteiger partial charge in [0.15, 0.2) is 0 Å². The van der Waals surface area contributed by atoms with Gasteiger partial charge in [0.1, 0.15) is 9.77 Å². The average molecular weight is 380 g/mol. The van der Waals surface area contributed by atoms with Gasteiger partial charge in [0, 0.05) is 32.2 Å². The summed E-state index contributed by atoms with van der Waals surface area (Å²) in [6, 6.07) is 1.70. The van der Waals surface area contributed by atoms with E-state index in [2.05, 4.69) is 0 Å². The topological polar surface area (TPSA) is 83.7 Å². The SMILES string of the molecule is Cl.NC1CCN(C(=O)c2sccc2S(=O)(=O)N2CCCC2)CC1. The first-order valence-corrected chi connectivity index (χ1v) is 9.94. The first-order valence-electron chi connectivity index (χ1n) is 7.62. The zero-order chi connectivity index (χ0) is 15.7. The minimum Gasteiger partial charge on any atom is -0.338 e. The third kappa shape index (κ3) is 3.71. The summed E-state index contributed by atoms with van der Waals surface area (Å²) in [6.07, 6.45) is 3.31. The maximum absolute atomic E-state index is 12.7. The molecule has 6 nitrogen and oxygen atoms in total. The summed E-state index contributed by atoms with van der Waals surface area (Å²) in [5.41, 5.74) is 5.86. The third-order valence-corrected chi connectivity index (χ3v) is 7.31. The maximum Gasteiger partial charge on any atom is 0.265 e. The summed E-state index contributed by atoms with van der Waals surface area (Å²) in [4.78, 5) is 14.9. The molecule has 0 aromatic carbocycles. The molecule has 0 atom stereocenters. The standard InChI is InChI=1S/C14H21N3O3S2.ClH/c15-11-3-8-16(9-4-11)14(18)13-12(5-10-21-13)22(19,20)17-6-1-2-7-17;/h5,10-11H,1-4,6-9,15H2;1H. The molecule has 2 saturated heterocycles. The molecule has 2 aliphatic rings. The second kappa shape index (κ2) is 7.48. The van der Waals surface area contributed by atoms with Crippen LogP contribution in [0.5, 0.6) is 0 Å². The molecule has 0 spiro atoms. The number of carbonyl (C=O) groups is 1. The average Bonchev–Trinajstić information content (AvgIpc) is 3.19. The Morgan fingerprint density at radius 3 is 2.39 bits per heavy atom. The highest BCUT2D eigenvalue weighted by Crippen LogP contribution is 2.29. The van der Waals surface area contributed by atoms with Crippen molar-refractivity contribution >= 4 is 39.7 Å². The lowest BCUT2D eigenvalue weighted by molar-refractivity contribution is 0.0716. The molecule has 3 heterocycles. The van der Waals surface area contributed by atoms with E-state index in [-0.39, 0.29) is 29.3 Å². The Morgan fingerprint density at radius 2 is 1.78 bits per heavy atom. The highest BCUT2D eigenvalue weighted by molar-refractivity contribution is 7.89. The number of thiophene rings is 1. The van der Waals surface area contributed by atoms with Gasteiger partial charge in [-0.25, -0.2) is 8.42 Å². The van der Waals surface area contributed by atoms with Crippen molar-refractivity contribution < 1.29 is 13.2 Å². The quantitative estimate of drug-likeness (QED) is 0.862. The third-order valence-electron chi connectivity index (χ3n) is 4.33. The monoisotopic (exact) mass is 379 g/mol. The van der Waals surface area contributed by atoms with Crippen LogP contribution >= 0.6 is 23.7 Å². The molecule has 0 bridgehead atoms. The molecule has 2 aliphatic heterocycles. The molecular formula is C14H22ClN3O3S2. The number of halogens is 1. The Bertz CT molecular complexity index is 648. The Hall–Kier alpha value is -0.670. The van der Waals surface area contributed by atoms with E-state index in [0.29, 0.717) is 31.1 Å². The van der Waals surface area contributed by atoms with Crippen molar-refractivity contribution in [3.05, 3.63) is 16.3 Å². The molecule has 23 heavy (non-hydrogen) atoms. The number of nitrogens with zero attached hydrogens (tertiary/aromatic N) is 2. The van der Waals surface area contributed by atoms with Crippen molar-refractivity contribution in [1.29, 1.82) is 0 Å². The highest BCUT2D eigenvalue weighted by atomic mass is 35.5. The van der Waals surface area contributed by atoms with Crippen LogP contribution < -0.4 is 5.73 Å². The molecule has 3 rings (SSSR count). The van der Waals surface area contributed by atoms with Crippen LogP contribution in [-0.4, -0.2) is 55.8 Å². The minimum atomic E-state index is -3.55. The van der Waals surface area contributed by atoms with Crippen molar-refractivity contribution in [3.8, 4) is 0 Å². The zero-order valence-electron chi connectivity index (χ0n) is 12.8. The van der Waals surface area contributed by atoms with Gasteiger partial charge < -0.3 is 10.6 Å². The van der Waals surface area contributed by atoms with Gasteiger partial charge in [-0.2, -0.15) is 4.31 Å². The Balaban J connectivity index is 0.00000192. The summed E-state index contributed by atoms with van der Waals surface area (Å²) in [7, 11) is -3.55. The van der Waals surface area contributed by atoms with E-state index in [1.165, 1.54) is 15.6 Å². The molecule has 0 radical (unpaired) electrons. The Kier molecular flexibility index (Phi) is 6.07. The zero-order valence-corrected chi connectivity index (χ0v) is 15.3. The van der Waals surface area contributed by atoms with Crippen LogP contribution in [0.3, 0.4) is 0 Å². The fraction of sp³-hybridized carbons (Fsp3) is 0.643. The second-order valence-electron chi connectivity index (χ2n) is 5.85. The van der Waals surface area contributed by atoms with E-state index in [1.54, 1.807) is 16.3 Å². The normalized spacial score (nSPS) is 20.5. The minimum absolute atomic E-state index is 0. The molecule has 2 N–H and O–H groups in total. The van der Waals surface area contributed by atoms with Crippen molar-refractivity contribution in [3.63, 3.8) is 0 Å². The van der Waals surface area contributed by atoms with Crippen LogP contribution in [0.2, 0.25) is 0 Å². The van der Waals surface area contributed by atoms with Crippen LogP contribution in [-0.2, 0) is 10.0 Å². The number of sulfonamides is 1. The number of hydrogen-bond acceptors (Lipinski definition) is 5. The van der Waals surface area contributed by atoms with E-state index in [4.69, 9.17) is 5.73 Å². The second-order valence-corrected chi connectivity index (χ2v) is 8.68. The maximum atomic E-state index is 12.7. The molecule has 1 aromatic rings. The Morgan fingerprint density at radius 1 is 1.17 bits per heavy atom. The predicted octanol–water partition coefficient (Wildman–Crippen LogP) is 1.52. The van der Waals surface area contributed by atoms with Crippen molar-refractivity contribution in [2.45, 2.75) is 36.6 Å². The van der Waals surface area contributed by atoms with Gasteiger partial charge in [0.05, 0.1) is 0 Å². The first-order chi connectivity index (χ1) is 10.5. The summed E-state index contributed by atoms with van der Waals surface area (Å²) >= 11 is 1.21. The summed E-state index contributed by atoms with van der Waals surface area (Å²) in [6.45, 7) is 2.29. The lowest BCUT2D eigenvalue weighted by atomic mass is 10.1. The van der Waals surface area contributed by atoms with Crippen LogP contribution in [0, 0.1) is 0 Å². The van der Waals surface area contributed by atoms with E-state index >= 15 is 0 Å². The predicted molar refractivity (Wildman–Crippen MR) is 92.7 cm³/mol. The van der Waals surface area contributed by atoms with Gasteiger partial charge in [-0.3, -0.25) is 4.79 Å². The number of carbonyl (C=O) groups excluding carboxylic acids is 1. The first kappa shape index (κ1) is 18.7. The molecule has 0 unspecified atom stereocenters. The van der Waals surface area contributed by atoms with E-state index in [0.717, 1.165) is 25.7 Å². The van der Waals surface area contributed by atoms with Gasteiger partial charge in [-0.05, 0) is 37.1 Å². The van der Waals surface area contributed by atoms with Crippen molar-refractivity contribution in [2.24, 2.45) is 5.73 Å². The molecule has 9 heteroatoms. The van der Waals surface area contributed by atoms with Crippen molar-refractivity contribution in [1.82, 2.24) is 9.21 Å². The summed E-state index contributed by atoms with van der Waals surface area (Å²) < 4.78 is 26.9. The number of nitrogens with two attached hydrogens (primary N) is 1. The van der Waals surface area contributed by atoms with E-state index in [1.807, 2.05) is 0 Å². The van der Waals surface area contributed by atoms with E-state index < -0.39 is 10.0 Å². The fourth-order valence-electron chi connectivity index (χ4n) is 2.97. The molecule has 0 aliphatic carbocycles. The molecule has 130 valence electrons. The number of likely N-dealkylation sites (tertiary alicyclic amines) is 1. The largest absolute Gasteiger partial charge is 0.338 e. The molecule has 0 saturated carbocycles. The Labute approximate surface area is 147 Å². The van der Waals surface area contributed by atoms with Gasteiger partial charge >= 0.3 is 0 Å². The lowest BCUT2D eigenvalue weighted by Gasteiger charge is -2.30. The van der Waals surface area contributed by atoms with Crippen molar-refractivity contribution in [2.75, 3.05) is 26.2 Å². The molecular weight excluding hydrogens is 358 g/mol. The van der Waals surface area contributed by atoms with Crippen LogP contribution in [0.4, 0.5) is 0 Å². The molecule has 2 fully saturated rings. The van der Waals surface area contributed by atoms with Crippen LogP contribution in [0.1, 0.15) is 35.4 Å². The van der Waals surface area contributed by atoms with E-state index in [9.17, 15) is 13.2 Å². The van der Waals surface area contributed by atoms with Gasteiger partial charge in [0.2, 0.25) is 10.0 Å². The van der Waals surface area contributed by atoms with Crippen LogP contribution in [0.25, 0.3) is 0 Å². The number of piperidine rings is 1.